The molecule has 2 heterocycles. The number of carbonyl (C=O) groups excluding carboxylic acids is 1. The number of fused-ring (bicyclic) bond motifs is 3. The smallest absolute Gasteiger partial charge is 0.213 e. The van der Waals surface area contributed by atoms with Crippen LogP contribution in [0.2, 0.25) is 11.6 Å². The van der Waals surface area contributed by atoms with Crippen molar-refractivity contribution in [1.82, 2.24) is 0 Å². The van der Waals surface area contributed by atoms with Crippen molar-refractivity contribution >= 4 is 15.3 Å². The second-order valence-corrected chi connectivity index (χ2v) is 11.1. The van der Waals surface area contributed by atoms with Crippen LogP contribution >= 0.6 is 0 Å². The predicted molar refractivity (Wildman–Crippen MR) is 116 cm³/mol. The van der Waals surface area contributed by atoms with Gasteiger partial charge >= 0.3 is 0 Å². The van der Waals surface area contributed by atoms with Gasteiger partial charge in [0.25, 0.3) is 0 Å². The van der Waals surface area contributed by atoms with Crippen LogP contribution in [-0.2, 0) is 9.53 Å². The standard InChI is InChI=1S/C22H39NO4Si/c1-3-5-7-8-9-10-18(23(25)26)12-13-19(24)22-17-11-14-20(27-22)21(16-17)28-15-6-4-2/h17-18,20-21H,1,3-16,28H2,2H3. The fourth-order valence-electron chi connectivity index (χ4n) is 4.83. The topological polar surface area (TPSA) is 69.4 Å². The molecule has 0 aromatic heterocycles. The molecule has 2 aliphatic heterocycles. The van der Waals surface area contributed by atoms with Crippen LogP contribution in [-0.4, -0.2) is 32.4 Å². The summed E-state index contributed by atoms with van der Waals surface area (Å²) in [5.41, 5.74) is 0.728. The lowest BCUT2D eigenvalue weighted by molar-refractivity contribution is -0.524. The molecular weight excluding hydrogens is 370 g/mol. The SMILES string of the molecule is [CH2]CCCCCCC(CCC(=O)[C]1OC2CCC1CC2[SiH2]CCCC)[N+](=O)[O-]. The number of ether oxygens (including phenoxy) is 1. The maximum atomic E-state index is 12.7. The molecule has 0 aromatic rings. The number of carbonyl (C=O) groups is 1. The van der Waals surface area contributed by atoms with Crippen molar-refractivity contribution in [2.24, 2.45) is 5.92 Å². The van der Waals surface area contributed by atoms with Crippen molar-refractivity contribution in [2.75, 3.05) is 0 Å². The van der Waals surface area contributed by atoms with Crippen molar-refractivity contribution in [3.8, 4) is 0 Å². The first-order chi connectivity index (χ1) is 13.6. The molecule has 2 radical (unpaired) electrons. The minimum Gasteiger partial charge on any atom is -0.360 e. The minimum atomic E-state index is -0.598. The van der Waals surface area contributed by atoms with Crippen molar-refractivity contribution in [3.63, 3.8) is 0 Å². The molecular formula is C22H39NO4Si. The van der Waals surface area contributed by atoms with Crippen LogP contribution in [0.3, 0.4) is 0 Å². The van der Waals surface area contributed by atoms with Crippen LogP contribution in [0.5, 0.6) is 0 Å². The Morgan fingerprint density at radius 2 is 2.04 bits per heavy atom. The summed E-state index contributed by atoms with van der Waals surface area (Å²) in [6.45, 7) is 6.06. The monoisotopic (exact) mass is 409 g/mol. The zero-order valence-electron chi connectivity index (χ0n) is 17.7. The van der Waals surface area contributed by atoms with Crippen molar-refractivity contribution in [1.29, 1.82) is 0 Å². The Balaban J connectivity index is 1.74. The molecule has 28 heavy (non-hydrogen) atoms. The predicted octanol–water partition coefficient (Wildman–Crippen LogP) is 5.06. The third-order valence-corrected chi connectivity index (χ3v) is 9.06. The fraction of sp³-hybridized carbons (Fsp3) is 0.864. The molecule has 2 bridgehead atoms. The maximum Gasteiger partial charge on any atom is 0.213 e. The Morgan fingerprint density at radius 3 is 2.68 bits per heavy atom. The van der Waals surface area contributed by atoms with E-state index in [1.54, 1.807) is 0 Å². The van der Waals surface area contributed by atoms with Gasteiger partial charge in [-0.15, -0.1) is 0 Å². The van der Waals surface area contributed by atoms with Crippen molar-refractivity contribution in [3.05, 3.63) is 23.1 Å². The van der Waals surface area contributed by atoms with E-state index in [9.17, 15) is 14.9 Å². The maximum absolute atomic E-state index is 12.7. The number of hydrogen-bond acceptors (Lipinski definition) is 4. The Hall–Kier alpha value is -0.753. The summed E-state index contributed by atoms with van der Waals surface area (Å²) in [5.74, 6) is 0.320. The third-order valence-electron chi connectivity index (χ3n) is 6.56. The lowest BCUT2D eigenvalue weighted by Crippen LogP contribution is -2.44. The number of ketones is 1. The molecule has 0 amide bonds. The van der Waals surface area contributed by atoms with Crippen molar-refractivity contribution < 1.29 is 14.5 Å². The van der Waals surface area contributed by atoms with Gasteiger partial charge < -0.3 is 4.74 Å². The van der Waals surface area contributed by atoms with Crippen LogP contribution in [0.4, 0.5) is 0 Å². The number of rotatable bonds is 15. The summed E-state index contributed by atoms with van der Waals surface area (Å²) < 4.78 is 6.13. The van der Waals surface area contributed by atoms with E-state index >= 15 is 0 Å². The number of nitro groups is 1. The van der Waals surface area contributed by atoms with Gasteiger partial charge in [0.1, 0.15) is 0 Å². The highest BCUT2D eigenvalue weighted by molar-refractivity contribution is 6.37. The third kappa shape index (κ3) is 7.25. The Labute approximate surface area is 173 Å². The molecule has 4 unspecified atom stereocenters. The van der Waals surface area contributed by atoms with Gasteiger partial charge in [-0.05, 0) is 37.1 Å². The first kappa shape index (κ1) is 23.5. The number of nitrogens with zero attached hydrogens (tertiary/aromatic N) is 1. The van der Waals surface area contributed by atoms with Gasteiger partial charge in [-0.25, -0.2) is 0 Å². The second kappa shape index (κ2) is 12.7. The second-order valence-electron chi connectivity index (χ2n) is 8.74. The van der Waals surface area contributed by atoms with E-state index in [4.69, 9.17) is 4.74 Å². The Bertz CT molecular complexity index is 487. The molecule has 0 spiro atoms. The summed E-state index contributed by atoms with van der Waals surface area (Å²) in [5, 5.41) is 11.4. The summed E-state index contributed by atoms with van der Waals surface area (Å²) in [6.07, 6.45) is 13.0. The molecule has 4 atom stereocenters. The summed E-state index contributed by atoms with van der Waals surface area (Å²) in [4.78, 5) is 23.9. The van der Waals surface area contributed by atoms with E-state index in [1.165, 1.54) is 18.9 Å². The van der Waals surface area contributed by atoms with Crippen LogP contribution < -0.4 is 0 Å². The first-order valence-electron chi connectivity index (χ1n) is 11.6. The molecule has 5 nitrogen and oxygen atoms in total. The van der Waals surface area contributed by atoms with Crippen LogP contribution in [0.25, 0.3) is 0 Å². The lowest BCUT2D eigenvalue weighted by atomic mass is 9.77. The van der Waals surface area contributed by atoms with Gasteiger partial charge in [0.15, 0.2) is 11.9 Å². The largest absolute Gasteiger partial charge is 0.360 e. The van der Waals surface area contributed by atoms with E-state index in [-0.39, 0.29) is 38.7 Å². The lowest BCUT2D eigenvalue weighted by Gasteiger charge is -2.46. The molecule has 6 heteroatoms. The van der Waals surface area contributed by atoms with E-state index in [0.717, 1.165) is 56.9 Å². The highest BCUT2D eigenvalue weighted by Crippen LogP contribution is 2.48. The van der Waals surface area contributed by atoms with Crippen molar-refractivity contribution in [2.45, 2.75) is 114 Å². The van der Waals surface area contributed by atoms with Gasteiger partial charge in [-0.1, -0.05) is 58.4 Å². The van der Waals surface area contributed by atoms with Gasteiger partial charge in [-0.3, -0.25) is 14.9 Å². The molecule has 3 aliphatic rings. The zero-order valence-corrected chi connectivity index (χ0v) is 19.1. The highest BCUT2D eigenvalue weighted by Gasteiger charge is 2.46. The molecule has 0 aromatic carbocycles. The summed E-state index contributed by atoms with van der Waals surface area (Å²) in [6, 6.07) is 0.787. The van der Waals surface area contributed by atoms with Gasteiger partial charge in [0, 0.05) is 33.7 Å². The van der Waals surface area contributed by atoms with E-state index in [1.807, 2.05) is 0 Å². The average Bonchev–Trinajstić information content (AvgIpc) is 2.70. The van der Waals surface area contributed by atoms with E-state index in [0.29, 0.717) is 18.9 Å². The van der Waals surface area contributed by atoms with E-state index in [2.05, 4.69) is 13.8 Å². The van der Waals surface area contributed by atoms with E-state index < -0.39 is 6.04 Å². The minimum absolute atomic E-state index is 0.0345. The highest BCUT2D eigenvalue weighted by atomic mass is 28.2. The summed E-state index contributed by atoms with van der Waals surface area (Å²) in [7, 11) is -0.115. The Kier molecular flexibility index (Phi) is 10.7. The molecule has 0 N–H and O–H groups in total. The van der Waals surface area contributed by atoms with Crippen LogP contribution in [0.15, 0.2) is 0 Å². The number of hydrogen-bond donors (Lipinski definition) is 0. The number of Topliss-reactive ketones (excluding diaryl/α,β-unsaturated/α-hetero) is 1. The molecule has 3 rings (SSSR count). The molecule has 1 aliphatic carbocycles. The molecule has 3 fully saturated rings. The first-order valence-corrected chi connectivity index (χ1v) is 13.4. The zero-order chi connectivity index (χ0) is 20.4. The summed E-state index contributed by atoms with van der Waals surface area (Å²) >= 11 is 0. The Morgan fingerprint density at radius 1 is 1.25 bits per heavy atom. The quantitative estimate of drug-likeness (QED) is 0.164. The van der Waals surface area contributed by atoms with Crippen LogP contribution in [0.1, 0.15) is 90.4 Å². The van der Waals surface area contributed by atoms with Gasteiger partial charge in [0.2, 0.25) is 6.04 Å². The molecule has 2 saturated heterocycles. The molecule has 160 valence electrons. The number of unbranched alkanes of at least 4 members (excludes halogenated alkanes) is 5. The van der Waals surface area contributed by atoms with Crippen LogP contribution in [0, 0.1) is 29.1 Å². The van der Waals surface area contributed by atoms with Gasteiger partial charge in [-0.2, -0.15) is 0 Å². The fourth-order valence-corrected chi connectivity index (χ4v) is 7.48. The van der Waals surface area contributed by atoms with Gasteiger partial charge in [0.05, 0.1) is 6.10 Å². The average molecular weight is 410 g/mol. The molecule has 1 saturated carbocycles. The normalized spacial score (nSPS) is 26.1.